The van der Waals surface area contributed by atoms with Gasteiger partial charge in [0, 0.05) is 48.6 Å². The summed E-state index contributed by atoms with van der Waals surface area (Å²) in [5.41, 5.74) is 5.62. The number of benzene rings is 2. The zero-order chi connectivity index (χ0) is 24.2. The molecule has 2 N–H and O–H groups in total. The second kappa shape index (κ2) is 9.97. The third-order valence-electron chi connectivity index (χ3n) is 6.30. The summed E-state index contributed by atoms with van der Waals surface area (Å²) in [7, 11) is 0. The number of carbonyl (C=O) groups excluding carboxylic acids is 2. The topological polar surface area (TPSA) is 102 Å². The Morgan fingerprint density at radius 3 is 2.83 bits per heavy atom. The van der Waals surface area contributed by atoms with Crippen LogP contribution in [0.15, 0.2) is 70.7 Å². The largest absolute Gasteiger partial charge is 0.455 e. The van der Waals surface area contributed by atoms with Crippen molar-refractivity contribution in [3.8, 4) is 0 Å². The van der Waals surface area contributed by atoms with E-state index in [0.717, 1.165) is 59.2 Å². The molecule has 2 aromatic heterocycles. The van der Waals surface area contributed by atoms with Gasteiger partial charge in [0.05, 0.1) is 12.0 Å². The second-order valence-electron chi connectivity index (χ2n) is 8.64. The molecule has 2 heterocycles. The van der Waals surface area contributed by atoms with Crippen LogP contribution in [-0.4, -0.2) is 33.6 Å². The molecule has 0 bridgehead atoms. The highest BCUT2D eigenvalue weighted by atomic mass is 16.4. The van der Waals surface area contributed by atoms with Crippen LogP contribution in [0.5, 0.6) is 0 Å². The molecule has 0 saturated carbocycles. The van der Waals surface area contributed by atoms with Crippen molar-refractivity contribution in [1.82, 2.24) is 20.3 Å². The minimum Gasteiger partial charge on any atom is -0.455 e. The van der Waals surface area contributed by atoms with E-state index < -0.39 is 0 Å². The molecule has 2 amide bonds. The van der Waals surface area contributed by atoms with Gasteiger partial charge in [-0.05, 0) is 43.0 Å². The lowest BCUT2D eigenvalue weighted by Gasteiger charge is -2.13. The van der Waals surface area contributed by atoms with Gasteiger partial charge in [0.2, 0.25) is 0 Å². The molecule has 0 unspecified atom stereocenters. The molecule has 0 atom stereocenters. The molecule has 8 heteroatoms. The van der Waals surface area contributed by atoms with E-state index in [-0.39, 0.29) is 11.8 Å². The number of nitrogens with one attached hydrogen (secondary N) is 2. The van der Waals surface area contributed by atoms with Crippen LogP contribution in [0.1, 0.15) is 57.1 Å². The fourth-order valence-electron chi connectivity index (χ4n) is 4.56. The SMILES string of the molecule is Cc1c(C(=O)NCCCn2ccnc2)oc2c1/C(=N/NC(=O)c1cccc3ccccc13)CCC2. The number of carbonyl (C=O) groups is 2. The van der Waals surface area contributed by atoms with Crippen molar-refractivity contribution >= 4 is 28.3 Å². The maximum absolute atomic E-state index is 12.9. The van der Waals surface area contributed by atoms with E-state index in [1.165, 1.54) is 0 Å². The molecule has 0 aliphatic heterocycles. The van der Waals surface area contributed by atoms with Gasteiger partial charge in [0.25, 0.3) is 11.8 Å². The molecular formula is C27H27N5O3. The molecule has 0 radical (unpaired) electrons. The zero-order valence-electron chi connectivity index (χ0n) is 19.6. The smallest absolute Gasteiger partial charge is 0.287 e. The number of hydrogen-bond acceptors (Lipinski definition) is 5. The molecule has 178 valence electrons. The average molecular weight is 470 g/mol. The predicted molar refractivity (Wildman–Crippen MR) is 134 cm³/mol. The Morgan fingerprint density at radius 1 is 1.11 bits per heavy atom. The predicted octanol–water partition coefficient (Wildman–Crippen LogP) is 4.23. The number of rotatable bonds is 7. The first-order valence-electron chi connectivity index (χ1n) is 11.8. The molecule has 0 fully saturated rings. The van der Waals surface area contributed by atoms with Gasteiger partial charge in [-0.1, -0.05) is 36.4 Å². The fraction of sp³-hybridized carbons (Fsp3) is 0.259. The van der Waals surface area contributed by atoms with Crippen molar-refractivity contribution < 1.29 is 14.0 Å². The van der Waals surface area contributed by atoms with Crippen LogP contribution in [0.25, 0.3) is 10.8 Å². The Kier molecular flexibility index (Phi) is 6.43. The zero-order valence-corrected chi connectivity index (χ0v) is 19.6. The average Bonchev–Trinajstić information content (AvgIpc) is 3.53. The van der Waals surface area contributed by atoms with Gasteiger partial charge in [0.1, 0.15) is 5.76 Å². The van der Waals surface area contributed by atoms with Crippen molar-refractivity contribution in [2.45, 2.75) is 39.2 Å². The summed E-state index contributed by atoms with van der Waals surface area (Å²) in [5, 5.41) is 9.28. The number of aryl methyl sites for hydroxylation is 2. The molecule has 5 rings (SSSR count). The standard InChI is InChI=1S/C27H27N5O3/c1-18-24-22(30-31-26(33)21-10-4-8-19-7-2-3-9-20(19)21)11-5-12-23(24)35-25(18)27(34)29-13-6-15-32-16-14-28-17-32/h2-4,7-10,14,16-17H,5-6,11-13,15H2,1H3,(H,29,34)(H,31,33)/b30-22+. The Bertz CT molecular complexity index is 1400. The number of amides is 2. The van der Waals surface area contributed by atoms with Crippen molar-refractivity contribution in [3.63, 3.8) is 0 Å². The van der Waals surface area contributed by atoms with E-state index in [0.29, 0.717) is 24.3 Å². The number of fused-ring (bicyclic) bond motifs is 2. The van der Waals surface area contributed by atoms with Crippen molar-refractivity contribution in [1.29, 1.82) is 0 Å². The number of imidazole rings is 1. The minimum atomic E-state index is -0.265. The summed E-state index contributed by atoms with van der Waals surface area (Å²) in [6.45, 7) is 3.18. The van der Waals surface area contributed by atoms with Crippen molar-refractivity contribution in [2.75, 3.05) is 6.54 Å². The molecular weight excluding hydrogens is 442 g/mol. The van der Waals surface area contributed by atoms with E-state index in [9.17, 15) is 9.59 Å². The highest BCUT2D eigenvalue weighted by molar-refractivity contribution is 6.09. The summed E-state index contributed by atoms with van der Waals surface area (Å²) in [5.74, 6) is 0.559. The van der Waals surface area contributed by atoms with E-state index in [2.05, 4.69) is 20.8 Å². The van der Waals surface area contributed by atoms with E-state index in [1.807, 2.05) is 54.1 Å². The number of hydrazone groups is 1. The molecule has 4 aromatic rings. The maximum Gasteiger partial charge on any atom is 0.287 e. The van der Waals surface area contributed by atoms with Crippen LogP contribution < -0.4 is 10.7 Å². The third kappa shape index (κ3) is 4.73. The van der Waals surface area contributed by atoms with Crippen LogP contribution >= 0.6 is 0 Å². The van der Waals surface area contributed by atoms with Crippen LogP contribution in [0.2, 0.25) is 0 Å². The van der Waals surface area contributed by atoms with Crippen LogP contribution in [0, 0.1) is 6.92 Å². The fourth-order valence-corrected chi connectivity index (χ4v) is 4.56. The Labute approximate surface area is 203 Å². The first-order valence-corrected chi connectivity index (χ1v) is 11.8. The number of nitrogens with zero attached hydrogens (tertiary/aromatic N) is 3. The molecule has 0 spiro atoms. The summed E-state index contributed by atoms with van der Waals surface area (Å²) < 4.78 is 7.93. The summed E-state index contributed by atoms with van der Waals surface area (Å²) in [6.07, 6.45) is 8.46. The van der Waals surface area contributed by atoms with Gasteiger partial charge in [-0.15, -0.1) is 0 Å². The molecule has 1 aliphatic rings. The lowest BCUT2D eigenvalue weighted by Crippen LogP contribution is -2.25. The van der Waals surface area contributed by atoms with Gasteiger partial charge in [-0.3, -0.25) is 9.59 Å². The third-order valence-corrected chi connectivity index (χ3v) is 6.30. The van der Waals surface area contributed by atoms with Crippen LogP contribution in [0.3, 0.4) is 0 Å². The van der Waals surface area contributed by atoms with Gasteiger partial charge in [-0.2, -0.15) is 5.10 Å². The van der Waals surface area contributed by atoms with Gasteiger partial charge in [0.15, 0.2) is 5.76 Å². The van der Waals surface area contributed by atoms with Gasteiger partial charge >= 0.3 is 0 Å². The first kappa shape index (κ1) is 22.6. The Balaban J connectivity index is 1.29. The molecule has 1 aliphatic carbocycles. The minimum absolute atomic E-state index is 0.235. The summed E-state index contributed by atoms with van der Waals surface area (Å²) >= 11 is 0. The lowest BCUT2D eigenvalue weighted by atomic mass is 9.93. The summed E-state index contributed by atoms with van der Waals surface area (Å²) in [6, 6.07) is 13.4. The number of furan rings is 1. The first-order chi connectivity index (χ1) is 17.1. The quantitative estimate of drug-likeness (QED) is 0.312. The van der Waals surface area contributed by atoms with E-state index in [4.69, 9.17) is 4.42 Å². The Hall–Kier alpha value is -4.20. The van der Waals surface area contributed by atoms with Crippen molar-refractivity contribution in [2.24, 2.45) is 5.10 Å². The van der Waals surface area contributed by atoms with Gasteiger partial charge in [-0.25, -0.2) is 10.4 Å². The maximum atomic E-state index is 12.9. The molecule has 0 saturated heterocycles. The normalized spacial score (nSPS) is 14.1. The second-order valence-corrected chi connectivity index (χ2v) is 8.64. The molecule has 8 nitrogen and oxygen atoms in total. The van der Waals surface area contributed by atoms with E-state index >= 15 is 0 Å². The van der Waals surface area contributed by atoms with E-state index in [1.54, 1.807) is 18.6 Å². The molecule has 35 heavy (non-hydrogen) atoms. The monoisotopic (exact) mass is 469 g/mol. The highest BCUT2D eigenvalue weighted by Crippen LogP contribution is 2.30. The highest BCUT2D eigenvalue weighted by Gasteiger charge is 2.28. The van der Waals surface area contributed by atoms with Crippen LogP contribution in [0.4, 0.5) is 0 Å². The summed E-state index contributed by atoms with van der Waals surface area (Å²) in [4.78, 5) is 29.7. The van der Waals surface area contributed by atoms with Crippen molar-refractivity contribution in [3.05, 3.63) is 89.4 Å². The number of hydrogen-bond donors (Lipinski definition) is 2. The van der Waals surface area contributed by atoms with Gasteiger partial charge < -0.3 is 14.3 Å². The molecule has 2 aromatic carbocycles. The Morgan fingerprint density at radius 2 is 1.97 bits per heavy atom. The lowest BCUT2D eigenvalue weighted by molar-refractivity contribution is 0.0920. The number of aromatic nitrogens is 2. The van der Waals surface area contributed by atoms with Crippen LogP contribution in [-0.2, 0) is 13.0 Å².